The van der Waals surface area contributed by atoms with Gasteiger partial charge in [0.05, 0.1) is 29.1 Å². The van der Waals surface area contributed by atoms with Crippen molar-refractivity contribution in [2.75, 3.05) is 24.6 Å². The summed E-state index contributed by atoms with van der Waals surface area (Å²) in [7, 11) is 0. The molecule has 0 saturated carbocycles. The van der Waals surface area contributed by atoms with Crippen LogP contribution in [0, 0.1) is 11.7 Å². The van der Waals surface area contributed by atoms with E-state index < -0.39 is 35.7 Å². The average molecular weight is 596 g/mol. The van der Waals surface area contributed by atoms with Crippen molar-refractivity contribution >= 4 is 45.3 Å². The average Bonchev–Trinajstić information content (AvgIpc) is 3.16. The van der Waals surface area contributed by atoms with Crippen molar-refractivity contribution in [1.29, 1.82) is 0 Å². The van der Waals surface area contributed by atoms with Crippen molar-refractivity contribution in [1.82, 2.24) is 9.88 Å². The number of aliphatic hydroxyl groups excluding tert-OH is 1. The van der Waals surface area contributed by atoms with Gasteiger partial charge in [0.2, 0.25) is 5.91 Å². The summed E-state index contributed by atoms with van der Waals surface area (Å²) in [6.45, 7) is 1.28. The van der Waals surface area contributed by atoms with Crippen molar-refractivity contribution in [3.63, 3.8) is 0 Å². The zero-order valence-corrected chi connectivity index (χ0v) is 22.4. The zero-order valence-electron chi connectivity index (χ0n) is 20.8. The molecule has 0 saturated heterocycles. The second kappa shape index (κ2) is 10.7. The summed E-state index contributed by atoms with van der Waals surface area (Å²) in [4.78, 5) is 58.8. The van der Waals surface area contributed by atoms with Gasteiger partial charge in [-0.25, -0.2) is 4.39 Å². The highest BCUT2D eigenvalue weighted by Crippen LogP contribution is 2.43. The minimum Gasteiger partial charge on any atom is -0.465 e. The number of ether oxygens (including phenoxy) is 1. The minimum atomic E-state index is -1.57. The summed E-state index contributed by atoms with van der Waals surface area (Å²) in [5.41, 5.74) is 2.27. The maximum absolute atomic E-state index is 13.6. The van der Waals surface area contributed by atoms with Crippen molar-refractivity contribution in [2.24, 2.45) is 5.92 Å². The molecule has 0 spiro atoms. The van der Waals surface area contributed by atoms with Gasteiger partial charge in [-0.15, -0.1) is 0 Å². The molecule has 11 heteroatoms. The molecule has 3 amide bonds. The maximum atomic E-state index is 13.6. The van der Waals surface area contributed by atoms with E-state index in [0.29, 0.717) is 16.5 Å². The lowest BCUT2D eigenvalue weighted by molar-refractivity contribution is -0.157. The summed E-state index contributed by atoms with van der Waals surface area (Å²) < 4.78 is 18.9. The molecule has 0 fully saturated rings. The number of anilines is 1. The van der Waals surface area contributed by atoms with Crippen LogP contribution in [0.5, 0.6) is 0 Å². The number of carbonyl (C=O) groups is 4. The fourth-order valence-electron chi connectivity index (χ4n) is 4.85. The molecule has 9 nitrogen and oxygen atoms in total. The van der Waals surface area contributed by atoms with Crippen LogP contribution in [0.2, 0.25) is 0 Å². The number of hydrogen-bond donors (Lipinski definition) is 1. The Kier molecular flexibility index (Phi) is 7.28. The molecule has 0 radical (unpaired) electrons. The Morgan fingerprint density at radius 1 is 1.03 bits per heavy atom. The molecule has 5 rings (SSSR count). The SMILES string of the molecule is CCOC(=O)C1C(=O)N(CCN2C(=O)c3ccccc3C2=O)c2c(ncc(Cc3ccc(F)cc3)c2Br)C1O. The van der Waals surface area contributed by atoms with E-state index in [1.165, 1.54) is 23.2 Å². The molecule has 2 aliphatic rings. The van der Waals surface area contributed by atoms with Crippen molar-refractivity contribution in [2.45, 2.75) is 19.4 Å². The first-order valence-corrected chi connectivity index (χ1v) is 13.0. The summed E-state index contributed by atoms with van der Waals surface area (Å²) in [5, 5.41) is 11.0. The lowest BCUT2D eigenvalue weighted by Crippen LogP contribution is -2.50. The van der Waals surface area contributed by atoms with E-state index >= 15 is 0 Å². The van der Waals surface area contributed by atoms with Crippen LogP contribution in [0.3, 0.4) is 0 Å². The predicted molar refractivity (Wildman–Crippen MR) is 140 cm³/mol. The van der Waals surface area contributed by atoms with Crippen LogP contribution >= 0.6 is 15.9 Å². The predicted octanol–water partition coefficient (Wildman–Crippen LogP) is 3.43. The van der Waals surface area contributed by atoms with Crippen molar-refractivity contribution < 1.29 is 33.4 Å². The van der Waals surface area contributed by atoms with Gasteiger partial charge in [-0.05, 0) is 58.2 Å². The smallest absolute Gasteiger partial charge is 0.321 e. The summed E-state index contributed by atoms with van der Waals surface area (Å²) >= 11 is 3.54. The van der Waals surface area contributed by atoms with Gasteiger partial charge in [0.1, 0.15) is 11.9 Å². The third-order valence-corrected chi connectivity index (χ3v) is 7.65. The monoisotopic (exact) mass is 595 g/mol. The van der Waals surface area contributed by atoms with Gasteiger partial charge in [-0.2, -0.15) is 0 Å². The van der Waals surface area contributed by atoms with Gasteiger partial charge >= 0.3 is 5.97 Å². The highest BCUT2D eigenvalue weighted by Gasteiger charge is 2.47. The number of aliphatic hydroxyl groups is 1. The number of carbonyl (C=O) groups excluding carboxylic acids is 4. The number of benzene rings is 2. The van der Waals surface area contributed by atoms with Gasteiger partial charge in [-0.1, -0.05) is 24.3 Å². The second-order valence-corrected chi connectivity index (χ2v) is 9.90. The molecule has 200 valence electrons. The standard InChI is InChI=1S/C28H23BrFN3O6/c1-2-39-28(38)20-24(34)22-23(21(29)16(14-31-22)13-15-7-9-17(30)10-8-15)32(27(20)37)11-12-33-25(35)18-5-3-4-6-19(18)26(33)36/h3-10,14,20,24,34H,2,11-13H2,1H3. The fraction of sp³-hybridized carbons (Fsp3) is 0.250. The maximum Gasteiger partial charge on any atom is 0.321 e. The van der Waals surface area contributed by atoms with Crippen LogP contribution in [0.15, 0.2) is 59.2 Å². The van der Waals surface area contributed by atoms with Gasteiger partial charge in [0.15, 0.2) is 5.92 Å². The third kappa shape index (κ3) is 4.72. The highest BCUT2D eigenvalue weighted by atomic mass is 79.9. The molecule has 0 bridgehead atoms. The van der Waals surface area contributed by atoms with Crippen molar-refractivity contribution in [3.05, 3.63) is 93.0 Å². The van der Waals surface area contributed by atoms with E-state index in [1.807, 2.05) is 0 Å². The molecular formula is C28H23BrFN3O6. The van der Waals surface area contributed by atoms with Gasteiger partial charge in [0, 0.05) is 30.2 Å². The first kappa shape index (κ1) is 26.6. The molecule has 0 aliphatic carbocycles. The van der Waals surface area contributed by atoms with E-state index in [0.717, 1.165) is 10.5 Å². The number of fused-ring (bicyclic) bond motifs is 2. The van der Waals surface area contributed by atoms with Crippen LogP contribution in [-0.4, -0.2) is 58.4 Å². The van der Waals surface area contributed by atoms with Gasteiger partial charge < -0.3 is 14.7 Å². The first-order valence-electron chi connectivity index (χ1n) is 12.3. The number of pyridine rings is 1. The molecule has 3 aromatic rings. The Morgan fingerprint density at radius 2 is 1.64 bits per heavy atom. The Labute approximate surface area is 231 Å². The normalized spacial score (nSPS) is 18.3. The largest absolute Gasteiger partial charge is 0.465 e. The molecule has 2 unspecified atom stereocenters. The van der Waals surface area contributed by atoms with E-state index in [4.69, 9.17) is 4.74 Å². The quantitative estimate of drug-likeness (QED) is 0.252. The summed E-state index contributed by atoms with van der Waals surface area (Å²) in [6, 6.07) is 12.4. The molecule has 3 heterocycles. The molecule has 2 aliphatic heterocycles. The molecule has 39 heavy (non-hydrogen) atoms. The molecule has 1 N–H and O–H groups in total. The second-order valence-electron chi connectivity index (χ2n) is 9.11. The van der Waals surface area contributed by atoms with Crippen LogP contribution in [0.25, 0.3) is 0 Å². The lowest BCUT2D eigenvalue weighted by atomic mass is 9.91. The van der Waals surface area contributed by atoms with E-state index in [1.54, 1.807) is 43.3 Å². The number of halogens is 2. The number of aromatic nitrogens is 1. The zero-order chi connectivity index (χ0) is 27.8. The van der Waals surface area contributed by atoms with Crippen molar-refractivity contribution in [3.8, 4) is 0 Å². The van der Waals surface area contributed by atoms with E-state index in [9.17, 15) is 28.7 Å². The number of imide groups is 1. The Balaban J connectivity index is 1.51. The lowest BCUT2D eigenvalue weighted by Gasteiger charge is -2.37. The van der Waals surface area contributed by atoms with E-state index in [-0.39, 0.29) is 48.0 Å². The van der Waals surface area contributed by atoms with E-state index in [2.05, 4.69) is 20.9 Å². The fourth-order valence-corrected chi connectivity index (χ4v) is 5.51. The van der Waals surface area contributed by atoms with Crippen LogP contribution in [0.1, 0.15) is 50.6 Å². The third-order valence-electron chi connectivity index (χ3n) is 6.76. The molecule has 2 aromatic carbocycles. The molecular weight excluding hydrogens is 573 g/mol. The minimum absolute atomic E-state index is 0.00492. The van der Waals surface area contributed by atoms with Gasteiger partial charge in [-0.3, -0.25) is 29.1 Å². The number of amides is 3. The Morgan fingerprint density at radius 3 is 2.26 bits per heavy atom. The number of rotatable bonds is 7. The first-order chi connectivity index (χ1) is 18.7. The number of hydrogen-bond acceptors (Lipinski definition) is 7. The Bertz CT molecular complexity index is 1460. The van der Waals surface area contributed by atoms with Crippen LogP contribution in [-0.2, 0) is 20.7 Å². The topological polar surface area (TPSA) is 117 Å². The number of esters is 1. The van der Waals surface area contributed by atoms with Crippen LogP contribution < -0.4 is 4.90 Å². The summed E-state index contributed by atoms with van der Waals surface area (Å²) in [6.07, 6.45) is 0.271. The highest BCUT2D eigenvalue weighted by molar-refractivity contribution is 9.10. The molecule has 1 aromatic heterocycles. The Hall–Kier alpha value is -3.96. The number of nitrogens with zero attached hydrogens (tertiary/aromatic N) is 3. The van der Waals surface area contributed by atoms with Crippen LogP contribution in [0.4, 0.5) is 10.1 Å². The summed E-state index contributed by atoms with van der Waals surface area (Å²) in [5.74, 6) is -4.55. The van der Waals surface area contributed by atoms with Gasteiger partial charge in [0.25, 0.3) is 11.8 Å². The molecule has 2 atom stereocenters.